The van der Waals surface area contributed by atoms with Crippen molar-refractivity contribution in [3.05, 3.63) is 34.4 Å². The number of aromatic carboxylic acids is 1. The van der Waals surface area contributed by atoms with E-state index in [-0.39, 0.29) is 29.1 Å². The van der Waals surface area contributed by atoms with Gasteiger partial charge >= 0.3 is 17.9 Å². The van der Waals surface area contributed by atoms with Crippen LogP contribution in [0, 0.1) is 5.92 Å². The Morgan fingerprint density at radius 1 is 1.19 bits per heavy atom. The number of carboxylic acid groups (broad SMARTS) is 1. The minimum atomic E-state index is -1.33. The van der Waals surface area contributed by atoms with Gasteiger partial charge in [-0.1, -0.05) is 25.5 Å². The average molecular weight is 433 g/mol. The Hall–Kier alpha value is -2.83. The van der Waals surface area contributed by atoms with E-state index in [1.807, 2.05) is 27.7 Å². The van der Waals surface area contributed by atoms with E-state index in [1.54, 1.807) is 0 Å². The summed E-state index contributed by atoms with van der Waals surface area (Å²) in [6.07, 6.45) is 3.79. The molecule has 7 heteroatoms. The maximum absolute atomic E-state index is 11.8. The van der Waals surface area contributed by atoms with Crippen molar-refractivity contribution >= 4 is 17.9 Å². The third-order valence-electron chi connectivity index (χ3n) is 5.75. The molecule has 0 saturated heterocycles. The standard InChI is InChI=1S/C24H32O7/c1-12(2)8-7-9-13(3)20-17-11-18(24(28)29)22(27)23(31-16(6)26)21(17)14(4)10-19(20)30-15(5)25/h8,11,13-14,19-20,27H,7,9-10H2,1-6H3,(H,28,29)/t13-,14+,19+,20-/m0/s1. The smallest absolute Gasteiger partial charge is 0.339 e. The van der Waals surface area contributed by atoms with Gasteiger partial charge < -0.3 is 19.7 Å². The number of carbonyl (C=O) groups excluding carboxylic acids is 2. The fourth-order valence-corrected chi connectivity index (χ4v) is 4.51. The van der Waals surface area contributed by atoms with Crippen LogP contribution in [0.4, 0.5) is 0 Å². The zero-order valence-corrected chi connectivity index (χ0v) is 19.0. The molecule has 31 heavy (non-hydrogen) atoms. The van der Waals surface area contributed by atoms with Crippen LogP contribution in [0.3, 0.4) is 0 Å². The zero-order chi connectivity index (χ0) is 23.5. The first kappa shape index (κ1) is 24.4. The van der Waals surface area contributed by atoms with Crippen LogP contribution in [0.25, 0.3) is 0 Å². The van der Waals surface area contributed by atoms with Crippen LogP contribution in [0.15, 0.2) is 17.7 Å². The fourth-order valence-electron chi connectivity index (χ4n) is 4.51. The van der Waals surface area contributed by atoms with Gasteiger partial charge in [0.1, 0.15) is 11.7 Å². The summed E-state index contributed by atoms with van der Waals surface area (Å²) in [5.41, 5.74) is 2.10. The lowest BCUT2D eigenvalue weighted by Gasteiger charge is -2.40. The van der Waals surface area contributed by atoms with E-state index in [0.717, 1.165) is 12.8 Å². The fraction of sp³-hybridized carbons (Fsp3) is 0.542. The van der Waals surface area contributed by atoms with Crippen LogP contribution >= 0.6 is 0 Å². The SMILES string of the molecule is CC(=O)Oc1c(O)c(C(=O)O)cc2c1[C@H](C)C[C@@H](OC(C)=O)[C@H]2[C@@H](C)CCC=C(C)C. The normalized spacial score (nSPS) is 20.9. The van der Waals surface area contributed by atoms with Crippen LogP contribution in [-0.2, 0) is 14.3 Å². The van der Waals surface area contributed by atoms with Crippen molar-refractivity contribution in [2.24, 2.45) is 5.92 Å². The molecule has 1 aliphatic carbocycles. The quantitative estimate of drug-likeness (QED) is 0.357. The van der Waals surface area contributed by atoms with Gasteiger partial charge in [-0.25, -0.2) is 4.79 Å². The minimum absolute atomic E-state index is 0.0440. The van der Waals surface area contributed by atoms with Gasteiger partial charge in [-0.05, 0) is 56.6 Å². The Kier molecular flexibility index (Phi) is 7.87. The number of ether oxygens (including phenoxy) is 2. The first-order valence-electron chi connectivity index (χ1n) is 10.6. The lowest BCUT2D eigenvalue weighted by Crippen LogP contribution is -2.35. The monoisotopic (exact) mass is 432 g/mol. The molecule has 0 heterocycles. The molecule has 0 spiro atoms. The zero-order valence-electron chi connectivity index (χ0n) is 19.0. The van der Waals surface area contributed by atoms with E-state index in [2.05, 4.69) is 6.08 Å². The van der Waals surface area contributed by atoms with Crippen molar-refractivity contribution in [3.63, 3.8) is 0 Å². The van der Waals surface area contributed by atoms with Crippen LogP contribution in [0.2, 0.25) is 0 Å². The summed E-state index contributed by atoms with van der Waals surface area (Å²) >= 11 is 0. The Bertz CT molecular complexity index is 896. The first-order chi connectivity index (χ1) is 14.4. The van der Waals surface area contributed by atoms with Crippen molar-refractivity contribution in [1.82, 2.24) is 0 Å². The highest BCUT2D eigenvalue weighted by molar-refractivity contribution is 5.93. The number of benzene rings is 1. The molecule has 0 aliphatic heterocycles. The molecule has 0 saturated carbocycles. The van der Waals surface area contributed by atoms with Crippen molar-refractivity contribution < 1.29 is 34.1 Å². The second kappa shape index (κ2) is 9.98. The summed E-state index contributed by atoms with van der Waals surface area (Å²) in [4.78, 5) is 35.3. The highest BCUT2D eigenvalue weighted by atomic mass is 16.5. The maximum Gasteiger partial charge on any atom is 0.339 e. The molecule has 4 atom stereocenters. The lowest BCUT2D eigenvalue weighted by atomic mass is 9.69. The molecule has 7 nitrogen and oxygen atoms in total. The molecular formula is C24H32O7. The third-order valence-corrected chi connectivity index (χ3v) is 5.75. The number of fused-ring (bicyclic) bond motifs is 1. The van der Waals surface area contributed by atoms with Crippen molar-refractivity contribution in [2.75, 3.05) is 0 Å². The molecule has 2 rings (SSSR count). The maximum atomic E-state index is 11.8. The molecule has 1 aromatic carbocycles. The number of phenols is 1. The van der Waals surface area contributed by atoms with Gasteiger partial charge in [-0.15, -0.1) is 0 Å². The number of carbonyl (C=O) groups is 3. The van der Waals surface area contributed by atoms with E-state index in [9.17, 15) is 24.6 Å². The van der Waals surface area contributed by atoms with E-state index >= 15 is 0 Å². The van der Waals surface area contributed by atoms with Gasteiger partial charge in [-0.3, -0.25) is 9.59 Å². The van der Waals surface area contributed by atoms with E-state index in [0.29, 0.717) is 17.5 Å². The van der Waals surface area contributed by atoms with Gasteiger partial charge in [-0.2, -0.15) is 0 Å². The Morgan fingerprint density at radius 3 is 2.35 bits per heavy atom. The molecule has 2 N–H and O–H groups in total. The molecule has 170 valence electrons. The average Bonchev–Trinajstić information content (AvgIpc) is 2.62. The van der Waals surface area contributed by atoms with Crippen LogP contribution < -0.4 is 4.74 Å². The largest absolute Gasteiger partial charge is 0.504 e. The van der Waals surface area contributed by atoms with Gasteiger partial charge in [0.05, 0.1) is 0 Å². The molecule has 0 bridgehead atoms. The molecule has 0 aromatic heterocycles. The van der Waals surface area contributed by atoms with Gasteiger partial charge in [0.2, 0.25) is 0 Å². The van der Waals surface area contributed by atoms with Gasteiger partial charge in [0, 0.05) is 25.3 Å². The second-order valence-electron chi connectivity index (χ2n) is 8.65. The number of carboxylic acids is 1. The summed E-state index contributed by atoms with van der Waals surface area (Å²) in [5.74, 6) is -3.53. The van der Waals surface area contributed by atoms with Crippen LogP contribution in [0.5, 0.6) is 11.5 Å². The molecule has 0 unspecified atom stereocenters. The van der Waals surface area contributed by atoms with Crippen molar-refractivity contribution in [2.45, 2.75) is 78.7 Å². The summed E-state index contributed by atoms with van der Waals surface area (Å²) in [7, 11) is 0. The van der Waals surface area contributed by atoms with Crippen molar-refractivity contribution in [1.29, 1.82) is 0 Å². The number of hydrogen-bond donors (Lipinski definition) is 2. The summed E-state index contributed by atoms with van der Waals surface area (Å²) in [5, 5.41) is 20.2. The predicted octanol–water partition coefficient (Wildman–Crippen LogP) is 4.92. The van der Waals surface area contributed by atoms with Crippen molar-refractivity contribution in [3.8, 4) is 11.5 Å². The summed E-state index contributed by atoms with van der Waals surface area (Å²) < 4.78 is 11.0. The highest BCUT2D eigenvalue weighted by Crippen LogP contribution is 2.52. The minimum Gasteiger partial charge on any atom is -0.504 e. The summed E-state index contributed by atoms with van der Waals surface area (Å²) in [6.45, 7) is 10.5. The molecular weight excluding hydrogens is 400 g/mol. The van der Waals surface area contributed by atoms with Crippen LogP contribution in [-0.4, -0.2) is 34.2 Å². The predicted molar refractivity (Wildman–Crippen MR) is 116 cm³/mol. The second-order valence-corrected chi connectivity index (χ2v) is 8.65. The molecule has 0 amide bonds. The Labute approximate surface area is 183 Å². The number of aromatic hydroxyl groups is 1. The highest BCUT2D eigenvalue weighted by Gasteiger charge is 2.42. The topological polar surface area (TPSA) is 110 Å². The number of hydrogen-bond acceptors (Lipinski definition) is 6. The Morgan fingerprint density at radius 2 is 1.84 bits per heavy atom. The van der Waals surface area contributed by atoms with E-state index in [4.69, 9.17) is 9.47 Å². The van der Waals surface area contributed by atoms with Gasteiger partial charge in [0.15, 0.2) is 11.5 Å². The molecule has 0 radical (unpaired) electrons. The molecule has 1 aliphatic rings. The molecule has 1 aromatic rings. The first-order valence-corrected chi connectivity index (χ1v) is 10.6. The number of rotatable bonds is 7. The summed E-state index contributed by atoms with van der Waals surface area (Å²) in [6, 6.07) is 1.44. The van der Waals surface area contributed by atoms with E-state index < -0.39 is 29.8 Å². The van der Waals surface area contributed by atoms with Gasteiger partial charge in [0.25, 0.3) is 0 Å². The van der Waals surface area contributed by atoms with E-state index in [1.165, 1.54) is 25.5 Å². The molecule has 0 fully saturated rings. The Balaban J connectivity index is 2.69. The third kappa shape index (κ3) is 5.66. The van der Waals surface area contributed by atoms with Crippen LogP contribution in [0.1, 0.15) is 94.1 Å². The number of esters is 2. The lowest BCUT2D eigenvalue weighted by molar-refractivity contribution is -0.149. The number of allylic oxidation sites excluding steroid dienone is 2.